The lowest BCUT2D eigenvalue weighted by molar-refractivity contribution is -0.131. The highest BCUT2D eigenvalue weighted by molar-refractivity contribution is 5.90. The SMILES string of the molecule is CC(=O)C(NC(=O)CCCCCN1C(=O)C=CC1O)C(C)C. The minimum Gasteiger partial charge on any atom is -0.370 e. The Bertz CT molecular complexity index is 445. The molecular formula is C16H26N2O4. The molecule has 1 rings (SSSR count). The molecule has 0 saturated carbocycles. The van der Waals surface area contributed by atoms with Gasteiger partial charge in [-0.15, -0.1) is 0 Å². The molecule has 0 spiro atoms. The third-order valence-electron chi connectivity index (χ3n) is 3.74. The highest BCUT2D eigenvalue weighted by atomic mass is 16.3. The maximum atomic E-state index is 11.8. The Balaban J connectivity index is 2.18. The van der Waals surface area contributed by atoms with E-state index in [1.807, 2.05) is 13.8 Å². The number of unbranched alkanes of at least 4 members (excludes halogenated alkanes) is 2. The van der Waals surface area contributed by atoms with Crippen molar-refractivity contribution in [3.05, 3.63) is 12.2 Å². The first-order valence-electron chi connectivity index (χ1n) is 7.79. The van der Waals surface area contributed by atoms with Crippen molar-refractivity contribution in [2.45, 2.75) is 58.7 Å². The van der Waals surface area contributed by atoms with Crippen molar-refractivity contribution in [1.82, 2.24) is 10.2 Å². The van der Waals surface area contributed by atoms with Crippen LogP contribution in [0.3, 0.4) is 0 Å². The van der Waals surface area contributed by atoms with Gasteiger partial charge in [-0.2, -0.15) is 0 Å². The number of rotatable bonds is 9. The standard InChI is InChI=1S/C16H26N2O4/c1-11(2)16(12(3)19)17-13(20)7-5-4-6-10-18-14(21)8-9-15(18)22/h8-9,11,14,16,21H,4-7,10H2,1-3H3,(H,17,20). The Labute approximate surface area is 131 Å². The van der Waals surface area contributed by atoms with Gasteiger partial charge in [0.1, 0.15) is 6.23 Å². The van der Waals surface area contributed by atoms with Crippen molar-refractivity contribution in [3.8, 4) is 0 Å². The van der Waals surface area contributed by atoms with Gasteiger partial charge in [-0.25, -0.2) is 0 Å². The zero-order valence-corrected chi connectivity index (χ0v) is 13.5. The normalized spacial score (nSPS) is 18.9. The summed E-state index contributed by atoms with van der Waals surface area (Å²) in [5, 5.41) is 12.3. The lowest BCUT2D eigenvalue weighted by Gasteiger charge is -2.20. The summed E-state index contributed by atoms with van der Waals surface area (Å²) in [7, 11) is 0. The maximum absolute atomic E-state index is 11.8. The van der Waals surface area contributed by atoms with Crippen LogP contribution in [-0.4, -0.2) is 46.4 Å². The Morgan fingerprint density at radius 3 is 2.50 bits per heavy atom. The van der Waals surface area contributed by atoms with E-state index in [-0.39, 0.29) is 23.5 Å². The molecule has 0 bridgehead atoms. The van der Waals surface area contributed by atoms with Crippen LogP contribution in [0.25, 0.3) is 0 Å². The van der Waals surface area contributed by atoms with Crippen LogP contribution in [0.15, 0.2) is 12.2 Å². The fourth-order valence-electron chi connectivity index (χ4n) is 2.47. The van der Waals surface area contributed by atoms with Gasteiger partial charge in [0.2, 0.25) is 11.8 Å². The summed E-state index contributed by atoms with van der Waals surface area (Å²) in [5.41, 5.74) is 0. The monoisotopic (exact) mass is 310 g/mol. The summed E-state index contributed by atoms with van der Waals surface area (Å²) in [5.74, 6) is -0.242. The van der Waals surface area contributed by atoms with Gasteiger partial charge < -0.3 is 15.3 Å². The molecule has 6 nitrogen and oxygen atoms in total. The van der Waals surface area contributed by atoms with Gasteiger partial charge in [-0.05, 0) is 31.8 Å². The van der Waals surface area contributed by atoms with E-state index in [0.717, 1.165) is 12.8 Å². The highest BCUT2D eigenvalue weighted by Crippen LogP contribution is 2.11. The minimum atomic E-state index is -0.821. The van der Waals surface area contributed by atoms with E-state index < -0.39 is 12.3 Å². The quantitative estimate of drug-likeness (QED) is 0.622. The number of aliphatic hydroxyl groups is 1. The fraction of sp³-hybridized carbons (Fsp3) is 0.688. The molecule has 0 aromatic rings. The summed E-state index contributed by atoms with van der Waals surface area (Å²) >= 11 is 0. The third-order valence-corrected chi connectivity index (χ3v) is 3.74. The average Bonchev–Trinajstić information content (AvgIpc) is 2.75. The summed E-state index contributed by atoms with van der Waals surface area (Å²) in [4.78, 5) is 36.0. The maximum Gasteiger partial charge on any atom is 0.248 e. The number of hydrogen-bond acceptors (Lipinski definition) is 4. The van der Waals surface area contributed by atoms with Crippen molar-refractivity contribution in [2.24, 2.45) is 5.92 Å². The molecule has 0 aliphatic carbocycles. The van der Waals surface area contributed by atoms with Gasteiger partial charge in [0.15, 0.2) is 5.78 Å². The number of nitrogens with one attached hydrogen (secondary N) is 1. The van der Waals surface area contributed by atoms with Crippen LogP contribution in [-0.2, 0) is 14.4 Å². The molecule has 0 saturated heterocycles. The van der Waals surface area contributed by atoms with Crippen molar-refractivity contribution >= 4 is 17.6 Å². The number of amides is 2. The molecule has 2 N–H and O–H groups in total. The molecule has 2 atom stereocenters. The Morgan fingerprint density at radius 1 is 1.32 bits per heavy atom. The van der Waals surface area contributed by atoms with E-state index in [4.69, 9.17) is 0 Å². The van der Waals surface area contributed by atoms with Crippen LogP contribution >= 0.6 is 0 Å². The molecule has 0 aromatic carbocycles. The Kier molecular flexibility index (Phi) is 7.24. The number of aliphatic hydroxyl groups excluding tert-OH is 1. The zero-order valence-electron chi connectivity index (χ0n) is 13.5. The number of carbonyl (C=O) groups excluding carboxylic acids is 3. The number of ketones is 1. The van der Waals surface area contributed by atoms with Gasteiger partial charge in [0.25, 0.3) is 0 Å². The lowest BCUT2D eigenvalue weighted by Crippen LogP contribution is -2.43. The van der Waals surface area contributed by atoms with Gasteiger partial charge in [-0.1, -0.05) is 20.3 Å². The molecule has 0 fully saturated rings. The average molecular weight is 310 g/mol. The van der Waals surface area contributed by atoms with Crippen molar-refractivity contribution < 1.29 is 19.5 Å². The molecule has 6 heteroatoms. The number of Topliss-reactive ketones (excluding diaryl/α,β-unsaturated/α-hetero) is 1. The second-order valence-corrected chi connectivity index (χ2v) is 6.01. The molecule has 2 unspecified atom stereocenters. The predicted molar refractivity (Wildman–Crippen MR) is 82.8 cm³/mol. The van der Waals surface area contributed by atoms with Crippen LogP contribution in [0, 0.1) is 5.92 Å². The highest BCUT2D eigenvalue weighted by Gasteiger charge is 2.23. The van der Waals surface area contributed by atoms with Crippen LogP contribution in [0.2, 0.25) is 0 Å². The van der Waals surface area contributed by atoms with E-state index in [2.05, 4.69) is 5.32 Å². The predicted octanol–water partition coefficient (Wildman–Crippen LogP) is 0.993. The molecule has 124 valence electrons. The topological polar surface area (TPSA) is 86.7 Å². The second-order valence-electron chi connectivity index (χ2n) is 6.01. The lowest BCUT2D eigenvalue weighted by atomic mass is 10.0. The van der Waals surface area contributed by atoms with Crippen molar-refractivity contribution in [3.63, 3.8) is 0 Å². The molecule has 22 heavy (non-hydrogen) atoms. The van der Waals surface area contributed by atoms with E-state index in [0.29, 0.717) is 19.4 Å². The van der Waals surface area contributed by atoms with Crippen LogP contribution in [0.1, 0.15) is 46.5 Å². The number of nitrogens with zero attached hydrogens (tertiary/aromatic N) is 1. The van der Waals surface area contributed by atoms with Crippen LogP contribution in [0.4, 0.5) is 0 Å². The molecule has 1 aliphatic heterocycles. The molecular weight excluding hydrogens is 284 g/mol. The fourth-order valence-corrected chi connectivity index (χ4v) is 2.47. The van der Waals surface area contributed by atoms with Crippen LogP contribution in [0.5, 0.6) is 0 Å². The van der Waals surface area contributed by atoms with Gasteiger partial charge >= 0.3 is 0 Å². The van der Waals surface area contributed by atoms with E-state index in [1.165, 1.54) is 24.0 Å². The molecule has 2 amide bonds. The van der Waals surface area contributed by atoms with Gasteiger partial charge in [-0.3, -0.25) is 14.4 Å². The largest absolute Gasteiger partial charge is 0.370 e. The summed E-state index contributed by atoms with van der Waals surface area (Å²) in [6, 6.07) is -0.420. The second kappa shape index (κ2) is 8.68. The van der Waals surface area contributed by atoms with Gasteiger partial charge in [0, 0.05) is 19.0 Å². The summed E-state index contributed by atoms with van der Waals surface area (Å²) in [6.45, 7) is 5.77. The third kappa shape index (κ3) is 5.60. The number of hydrogen-bond donors (Lipinski definition) is 2. The van der Waals surface area contributed by atoms with E-state index in [9.17, 15) is 19.5 Å². The minimum absolute atomic E-state index is 0.0302. The molecule has 1 heterocycles. The molecule has 0 radical (unpaired) electrons. The van der Waals surface area contributed by atoms with E-state index >= 15 is 0 Å². The van der Waals surface area contributed by atoms with Gasteiger partial charge in [0.05, 0.1) is 6.04 Å². The summed E-state index contributed by atoms with van der Waals surface area (Å²) < 4.78 is 0. The first-order chi connectivity index (χ1) is 10.3. The smallest absolute Gasteiger partial charge is 0.248 e. The Morgan fingerprint density at radius 2 is 2.00 bits per heavy atom. The Hall–Kier alpha value is -1.69. The van der Waals surface area contributed by atoms with Crippen molar-refractivity contribution in [2.75, 3.05) is 6.54 Å². The zero-order chi connectivity index (χ0) is 16.7. The van der Waals surface area contributed by atoms with Crippen molar-refractivity contribution in [1.29, 1.82) is 0 Å². The summed E-state index contributed by atoms with van der Waals surface area (Å²) in [6.07, 6.45) is 4.59. The van der Waals surface area contributed by atoms with Crippen LogP contribution < -0.4 is 5.32 Å². The first-order valence-corrected chi connectivity index (χ1v) is 7.79. The molecule has 1 aliphatic rings. The molecule has 0 aromatic heterocycles. The number of carbonyl (C=O) groups is 3. The first kappa shape index (κ1) is 18.4. The van der Waals surface area contributed by atoms with E-state index in [1.54, 1.807) is 0 Å².